The third-order valence-corrected chi connectivity index (χ3v) is 2.90. The van der Waals surface area contributed by atoms with Crippen LogP contribution in [0.15, 0.2) is 6.07 Å². The average Bonchev–Trinajstić information content (AvgIpc) is 2.64. The molecule has 0 radical (unpaired) electrons. The molecular weight excluding hydrogens is 240 g/mol. The van der Waals surface area contributed by atoms with E-state index in [1.807, 2.05) is 17.9 Å². The fourth-order valence-corrected chi connectivity index (χ4v) is 2.07. The quantitative estimate of drug-likeness (QED) is 0.817. The number of hydrogen-bond donors (Lipinski definition) is 2. The van der Waals surface area contributed by atoms with Gasteiger partial charge in [0.2, 0.25) is 5.91 Å². The highest BCUT2D eigenvalue weighted by Crippen LogP contribution is 2.10. The van der Waals surface area contributed by atoms with E-state index in [0.717, 1.165) is 30.8 Å². The molecule has 0 aliphatic carbocycles. The van der Waals surface area contributed by atoms with Crippen molar-refractivity contribution in [2.75, 3.05) is 13.1 Å². The summed E-state index contributed by atoms with van der Waals surface area (Å²) in [7, 11) is 0. The molecule has 0 spiro atoms. The van der Waals surface area contributed by atoms with Crippen LogP contribution < -0.4 is 5.73 Å². The number of rotatable bonds is 2. The van der Waals surface area contributed by atoms with Crippen molar-refractivity contribution < 1.29 is 4.79 Å². The number of aryl methyl sites for hydroxylation is 1. The number of aromatic amines is 1. The molecule has 1 aromatic heterocycles. The maximum Gasteiger partial charge on any atom is 0.228 e. The van der Waals surface area contributed by atoms with Gasteiger partial charge in [-0.2, -0.15) is 5.10 Å². The molecule has 1 aromatic rings. The molecule has 1 aliphatic heterocycles. The summed E-state index contributed by atoms with van der Waals surface area (Å²) in [4.78, 5) is 13.8. The molecular formula is C11H19ClN4O. The number of H-pyrrole nitrogens is 1. The minimum absolute atomic E-state index is 0. The monoisotopic (exact) mass is 258 g/mol. The van der Waals surface area contributed by atoms with E-state index >= 15 is 0 Å². The Morgan fingerprint density at radius 3 is 3.06 bits per heavy atom. The number of carbonyl (C=O) groups is 1. The Morgan fingerprint density at radius 2 is 2.47 bits per heavy atom. The zero-order valence-corrected chi connectivity index (χ0v) is 10.8. The molecule has 1 saturated heterocycles. The summed E-state index contributed by atoms with van der Waals surface area (Å²) in [6.45, 7) is 3.44. The molecule has 0 saturated carbocycles. The van der Waals surface area contributed by atoms with Crippen molar-refractivity contribution in [2.24, 2.45) is 5.73 Å². The van der Waals surface area contributed by atoms with Gasteiger partial charge in [-0.1, -0.05) is 0 Å². The highest BCUT2D eigenvalue weighted by atomic mass is 35.5. The van der Waals surface area contributed by atoms with Gasteiger partial charge in [-0.3, -0.25) is 9.89 Å². The number of piperidine rings is 1. The summed E-state index contributed by atoms with van der Waals surface area (Å²) in [5.74, 6) is 0.127. The summed E-state index contributed by atoms with van der Waals surface area (Å²) in [5, 5.41) is 6.91. The number of nitrogens with one attached hydrogen (secondary N) is 1. The van der Waals surface area contributed by atoms with E-state index in [1.54, 1.807) is 0 Å². The molecule has 1 fully saturated rings. The van der Waals surface area contributed by atoms with Crippen molar-refractivity contribution in [3.05, 3.63) is 17.5 Å². The molecule has 0 aromatic carbocycles. The molecule has 2 rings (SSSR count). The maximum absolute atomic E-state index is 11.9. The van der Waals surface area contributed by atoms with Crippen molar-refractivity contribution in [1.82, 2.24) is 15.1 Å². The molecule has 3 N–H and O–H groups in total. The zero-order chi connectivity index (χ0) is 11.5. The second-order valence-electron chi connectivity index (χ2n) is 4.46. The van der Waals surface area contributed by atoms with Crippen LogP contribution in [-0.4, -0.2) is 40.1 Å². The third kappa shape index (κ3) is 3.71. The Hall–Kier alpha value is -1.07. The van der Waals surface area contributed by atoms with Gasteiger partial charge >= 0.3 is 0 Å². The first-order valence-electron chi connectivity index (χ1n) is 5.69. The SMILES string of the molecule is Cc1cc(CC(=O)N2CCCC(N)C2)n[nH]1.Cl. The highest BCUT2D eigenvalue weighted by Gasteiger charge is 2.21. The van der Waals surface area contributed by atoms with E-state index in [9.17, 15) is 4.79 Å². The number of carbonyl (C=O) groups excluding carboxylic acids is 1. The van der Waals surface area contributed by atoms with Crippen molar-refractivity contribution in [3.63, 3.8) is 0 Å². The second kappa shape index (κ2) is 6.02. The van der Waals surface area contributed by atoms with Crippen molar-refractivity contribution in [1.29, 1.82) is 0 Å². The third-order valence-electron chi connectivity index (χ3n) is 2.90. The van der Waals surface area contributed by atoms with Crippen molar-refractivity contribution in [2.45, 2.75) is 32.2 Å². The van der Waals surface area contributed by atoms with Crippen LogP contribution in [0.4, 0.5) is 0 Å². The Labute approximate surface area is 107 Å². The fourth-order valence-electron chi connectivity index (χ4n) is 2.07. The number of hydrogen-bond acceptors (Lipinski definition) is 3. The Bertz CT molecular complexity index is 379. The molecule has 6 heteroatoms. The van der Waals surface area contributed by atoms with Gasteiger partial charge in [0.05, 0.1) is 12.1 Å². The van der Waals surface area contributed by atoms with E-state index in [1.165, 1.54) is 0 Å². The summed E-state index contributed by atoms with van der Waals surface area (Å²) >= 11 is 0. The minimum Gasteiger partial charge on any atom is -0.341 e. The first kappa shape index (κ1) is 14.0. The smallest absolute Gasteiger partial charge is 0.228 e. The lowest BCUT2D eigenvalue weighted by atomic mass is 10.1. The molecule has 0 bridgehead atoms. The van der Waals surface area contributed by atoms with Crippen LogP contribution in [-0.2, 0) is 11.2 Å². The van der Waals surface area contributed by atoms with Gasteiger partial charge in [0.25, 0.3) is 0 Å². The number of nitrogens with zero attached hydrogens (tertiary/aromatic N) is 2. The van der Waals surface area contributed by atoms with E-state index in [0.29, 0.717) is 13.0 Å². The van der Waals surface area contributed by atoms with Crippen molar-refractivity contribution in [3.8, 4) is 0 Å². The predicted molar refractivity (Wildman–Crippen MR) is 68.1 cm³/mol. The Kier molecular flexibility index (Phi) is 4.96. The second-order valence-corrected chi connectivity index (χ2v) is 4.46. The normalized spacial score (nSPS) is 19.9. The van der Waals surface area contributed by atoms with Gasteiger partial charge in [-0.25, -0.2) is 0 Å². The molecule has 1 aliphatic rings. The van der Waals surface area contributed by atoms with Gasteiger partial charge in [-0.05, 0) is 25.8 Å². The molecule has 17 heavy (non-hydrogen) atoms. The summed E-state index contributed by atoms with van der Waals surface area (Å²) in [6.07, 6.45) is 2.40. The van der Waals surface area contributed by atoms with Gasteiger partial charge < -0.3 is 10.6 Å². The van der Waals surface area contributed by atoms with Gasteiger partial charge in [0, 0.05) is 24.8 Å². The minimum atomic E-state index is 0. The van der Waals surface area contributed by atoms with Crippen LogP contribution in [0.5, 0.6) is 0 Å². The standard InChI is InChI=1S/C11H18N4O.ClH/c1-8-5-10(14-13-8)6-11(16)15-4-2-3-9(12)7-15;/h5,9H,2-4,6-7,12H2,1H3,(H,13,14);1H. The van der Waals surface area contributed by atoms with Gasteiger partial charge in [-0.15, -0.1) is 12.4 Å². The maximum atomic E-state index is 11.9. The lowest BCUT2D eigenvalue weighted by Gasteiger charge is -2.30. The summed E-state index contributed by atoms with van der Waals surface area (Å²) in [5.41, 5.74) is 7.64. The highest BCUT2D eigenvalue weighted by molar-refractivity contribution is 5.85. The lowest BCUT2D eigenvalue weighted by molar-refractivity contribution is -0.131. The first-order chi connectivity index (χ1) is 7.65. The number of halogens is 1. The van der Waals surface area contributed by atoms with Crippen LogP contribution in [0.3, 0.4) is 0 Å². The summed E-state index contributed by atoms with van der Waals surface area (Å²) < 4.78 is 0. The predicted octanol–water partition coefficient (Wildman–Crippen LogP) is 0.632. The number of aromatic nitrogens is 2. The lowest BCUT2D eigenvalue weighted by Crippen LogP contribution is -2.46. The number of likely N-dealkylation sites (tertiary alicyclic amines) is 1. The van der Waals surface area contributed by atoms with Crippen LogP contribution in [0.2, 0.25) is 0 Å². The van der Waals surface area contributed by atoms with E-state index < -0.39 is 0 Å². The van der Waals surface area contributed by atoms with E-state index in [-0.39, 0.29) is 24.4 Å². The van der Waals surface area contributed by atoms with Crippen molar-refractivity contribution >= 4 is 18.3 Å². The largest absolute Gasteiger partial charge is 0.341 e. The fraction of sp³-hybridized carbons (Fsp3) is 0.636. The van der Waals surface area contributed by atoms with Crippen LogP contribution in [0, 0.1) is 6.92 Å². The van der Waals surface area contributed by atoms with Crippen LogP contribution in [0.25, 0.3) is 0 Å². The molecule has 2 heterocycles. The zero-order valence-electron chi connectivity index (χ0n) is 9.98. The summed E-state index contributed by atoms with van der Waals surface area (Å²) in [6, 6.07) is 2.04. The Balaban J connectivity index is 0.00000144. The molecule has 1 atom stereocenters. The molecule has 5 nitrogen and oxygen atoms in total. The van der Waals surface area contributed by atoms with E-state index in [4.69, 9.17) is 5.73 Å². The van der Waals surface area contributed by atoms with Crippen LogP contribution in [0.1, 0.15) is 24.2 Å². The number of amides is 1. The Morgan fingerprint density at radius 1 is 1.71 bits per heavy atom. The topological polar surface area (TPSA) is 75.0 Å². The van der Waals surface area contributed by atoms with E-state index in [2.05, 4.69) is 10.2 Å². The van der Waals surface area contributed by atoms with Gasteiger partial charge in [0.1, 0.15) is 0 Å². The molecule has 96 valence electrons. The van der Waals surface area contributed by atoms with Gasteiger partial charge in [0.15, 0.2) is 0 Å². The first-order valence-corrected chi connectivity index (χ1v) is 5.69. The van der Waals surface area contributed by atoms with Crippen LogP contribution >= 0.6 is 12.4 Å². The molecule has 1 unspecified atom stereocenters. The molecule has 1 amide bonds. The number of nitrogens with two attached hydrogens (primary N) is 1. The average molecular weight is 259 g/mol.